The fourth-order valence-corrected chi connectivity index (χ4v) is 2.68. The van der Waals surface area contributed by atoms with Crippen molar-refractivity contribution in [2.24, 2.45) is 0 Å². The molecule has 1 aromatic carbocycles. The fraction of sp³-hybridized carbons (Fsp3) is 0.417. The Hall–Kier alpha value is -0.580. The fourth-order valence-electron chi connectivity index (χ4n) is 1.46. The maximum absolute atomic E-state index is 4.58. The maximum atomic E-state index is 4.58. The summed E-state index contributed by atoms with van der Waals surface area (Å²) in [4.78, 5) is 4.58. The number of thioether (sulfide) groups is 1. The molecule has 0 spiro atoms. The molecule has 0 radical (unpaired) electrons. The summed E-state index contributed by atoms with van der Waals surface area (Å²) < 4.78 is 1.28. The van der Waals surface area contributed by atoms with Crippen LogP contribution in [0.15, 0.2) is 24.3 Å². The largest absolute Gasteiger partial charge is 0.309 e. The van der Waals surface area contributed by atoms with Gasteiger partial charge in [0.25, 0.3) is 0 Å². The summed E-state index contributed by atoms with van der Waals surface area (Å²) in [5.74, 6) is 0. The third kappa shape index (κ3) is 2.97. The van der Waals surface area contributed by atoms with Crippen LogP contribution in [0.25, 0.3) is 10.2 Å². The number of para-hydroxylation sites is 1. The van der Waals surface area contributed by atoms with E-state index in [1.54, 1.807) is 11.3 Å². The van der Waals surface area contributed by atoms with Gasteiger partial charge in [-0.05, 0) is 18.4 Å². The van der Waals surface area contributed by atoms with Gasteiger partial charge >= 0.3 is 0 Å². The van der Waals surface area contributed by atoms with Gasteiger partial charge < -0.3 is 5.32 Å². The van der Waals surface area contributed by atoms with Crippen LogP contribution in [0.4, 0.5) is 0 Å². The van der Waals surface area contributed by atoms with Crippen molar-refractivity contribution in [1.82, 2.24) is 10.3 Å². The number of aromatic nitrogens is 1. The SMILES string of the molecule is CSC(C)CNCc1nc2ccccc2s1. The van der Waals surface area contributed by atoms with Crippen LogP contribution in [-0.2, 0) is 6.54 Å². The van der Waals surface area contributed by atoms with Crippen molar-refractivity contribution in [3.63, 3.8) is 0 Å². The standard InChI is InChI=1S/C12H16N2S2/c1-9(15-2)7-13-8-12-14-10-5-3-4-6-11(10)16-12/h3-6,9,13H,7-8H2,1-2H3. The van der Waals surface area contributed by atoms with Crippen LogP contribution in [0.5, 0.6) is 0 Å². The van der Waals surface area contributed by atoms with Crippen molar-refractivity contribution >= 4 is 33.3 Å². The summed E-state index contributed by atoms with van der Waals surface area (Å²) in [7, 11) is 0. The molecule has 0 aliphatic rings. The lowest BCUT2D eigenvalue weighted by Gasteiger charge is -2.07. The predicted octanol–water partition coefficient (Wildman–Crippen LogP) is 3.14. The van der Waals surface area contributed by atoms with E-state index in [4.69, 9.17) is 0 Å². The predicted molar refractivity (Wildman–Crippen MR) is 74.3 cm³/mol. The quantitative estimate of drug-likeness (QED) is 0.885. The molecular weight excluding hydrogens is 236 g/mol. The number of hydrogen-bond donors (Lipinski definition) is 1. The molecule has 0 fully saturated rings. The van der Waals surface area contributed by atoms with Crippen LogP contribution in [-0.4, -0.2) is 23.0 Å². The van der Waals surface area contributed by atoms with E-state index in [0.717, 1.165) is 18.6 Å². The maximum Gasteiger partial charge on any atom is 0.108 e. The van der Waals surface area contributed by atoms with Crippen LogP contribution in [0.2, 0.25) is 0 Å². The van der Waals surface area contributed by atoms with Gasteiger partial charge in [0.05, 0.1) is 10.2 Å². The minimum Gasteiger partial charge on any atom is -0.309 e. The Morgan fingerprint density at radius 2 is 2.25 bits per heavy atom. The van der Waals surface area contributed by atoms with Gasteiger partial charge in [0.15, 0.2) is 0 Å². The van der Waals surface area contributed by atoms with Crippen molar-refractivity contribution in [3.8, 4) is 0 Å². The number of benzene rings is 1. The van der Waals surface area contributed by atoms with E-state index < -0.39 is 0 Å². The third-order valence-electron chi connectivity index (χ3n) is 2.45. The molecule has 0 saturated heterocycles. The number of nitrogens with zero attached hydrogens (tertiary/aromatic N) is 1. The lowest BCUT2D eigenvalue weighted by atomic mass is 10.3. The number of rotatable bonds is 5. The van der Waals surface area contributed by atoms with E-state index in [1.165, 1.54) is 9.71 Å². The Bertz CT molecular complexity index is 420. The zero-order valence-electron chi connectivity index (χ0n) is 9.56. The number of nitrogens with one attached hydrogen (secondary N) is 1. The minimum absolute atomic E-state index is 0.661. The Morgan fingerprint density at radius 1 is 1.44 bits per heavy atom. The molecule has 1 atom stereocenters. The first-order valence-corrected chi connectivity index (χ1v) is 7.48. The Balaban J connectivity index is 1.94. The van der Waals surface area contributed by atoms with Crippen molar-refractivity contribution in [3.05, 3.63) is 29.3 Å². The van der Waals surface area contributed by atoms with Gasteiger partial charge in [-0.25, -0.2) is 4.98 Å². The first-order valence-electron chi connectivity index (χ1n) is 5.37. The van der Waals surface area contributed by atoms with Crippen LogP contribution < -0.4 is 5.32 Å². The van der Waals surface area contributed by atoms with Gasteiger partial charge in [0.2, 0.25) is 0 Å². The minimum atomic E-state index is 0.661. The molecule has 4 heteroatoms. The average molecular weight is 252 g/mol. The highest BCUT2D eigenvalue weighted by Crippen LogP contribution is 2.21. The van der Waals surface area contributed by atoms with E-state index in [9.17, 15) is 0 Å². The molecular formula is C12H16N2S2. The highest BCUT2D eigenvalue weighted by molar-refractivity contribution is 7.99. The molecule has 1 aromatic heterocycles. The Kier molecular flexibility index (Phi) is 4.21. The topological polar surface area (TPSA) is 24.9 Å². The van der Waals surface area contributed by atoms with Crippen LogP contribution >= 0.6 is 23.1 Å². The molecule has 2 rings (SSSR count). The number of hydrogen-bond acceptors (Lipinski definition) is 4. The molecule has 0 bridgehead atoms. The molecule has 1 heterocycles. The monoisotopic (exact) mass is 252 g/mol. The summed E-state index contributed by atoms with van der Waals surface area (Å²) in [5.41, 5.74) is 1.11. The second-order valence-electron chi connectivity index (χ2n) is 3.75. The summed E-state index contributed by atoms with van der Waals surface area (Å²) in [6.07, 6.45) is 2.14. The average Bonchev–Trinajstić information content (AvgIpc) is 2.71. The van der Waals surface area contributed by atoms with Crippen molar-refractivity contribution in [1.29, 1.82) is 0 Å². The van der Waals surface area contributed by atoms with Gasteiger partial charge in [0.1, 0.15) is 5.01 Å². The summed E-state index contributed by atoms with van der Waals surface area (Å²) >= 11 is 3.66. The number of fused-ring (bicyclic) bond motifs is 1. The first kappa shape index (κ1) is 11.9. The molecule has 16 heavy (non-hydrogen) atoms. The van der Waals surface area contributed by atoms with E-state index in [2.05, 4.69) is 41.7 Å². The van der Waals surface area contributed by atoms with Crippen molar-refractivity contribution in [2.75, 3.05) is 12.8 Å². The second-order valence-corrected chi connectivity index (χ2v) is 6.14. The molecule has 0 aliphatic heterocycles. The van der Waals surface area contributed by atoms with E-state index in [1.807, 2.05) is 17.8 Å². The van der Waals surface area contributed by atoms with Gasteiger partial charge in [-0.2, -0.15) is 11.8 Å². The number of thiazole rings is 1. The van der Waals surface area contributed by atoms with Gasteiger partial charge in [-0.3, -0.25) is 0 Å². The van der Waals surface area contributed by atoms with E-state index >= 15 is 0 Å². The molecule has 0 aliphatic carbocycles. The molecule has 86 valence electrons. The molecule has 2 nitrogen and oxygen atoms in total. The summed E-state index contributed by atoms with van der Waals surface area (Å²) in [6.45, 7) is 4.15. The second kappa shape index (κ2) is 5.66. The molecule has 2 aromatic rings. The zero-order chi connectivity index (χ0) is 11.4. The summed E-state index contributed by atoms with van der Waals surface area (Å²) in [5, 5.41) is 5.28. The molecule has 0 amide bonds. The van der Waals surface area contributed by atoms with Gasteiger partial charge in [0, 0.05) is 18.3 Å². The van der Waals surface area contributed by atoms with Crippen LogP contribution in [0.1, 0.15) is 11.9 Å². The lowest BCUT2D eigenvalue weighted by Crippen LogP contribution is -2.21. The zero-order valence-corrected chi connectivity index (χ0v) is 11.2. The van der Waals surface area contributed by atoms with Crippen molar-refractivity contribution < 1.29 is 0 Å². The van der Waals surface area contributed by atoms with E-state index in [-0.39, 0.29) is 0 Å². The van der Waals surface area contributed by atoms with Gasteiger partial charge in [-0.1, -0.05) is 19.1 Å². The molecule has 1 N–H and O–H groups in total. The molecule has 1 unspecified atom stereocenters. The van der Waals surface area contributed by atoms with Crippen LogP contribution in [0, 0.1) is 0 Å². The highest BCUT2D eigenvalue weighted by atomic mass is 32.2. The lowest BCUT2D eigenvalue weighted by molar-refractivity contribution is 0.682. The van der Waals surface area contributed by atoms with Crippen molar-refractivity contribution in [2.45, 2.75) is 18.7 Å². The Labute approximate surface area is 104 Å². The third-order valence-corrected chi connectivity index (χ3v) is 4.46. The van der Waals surface area contributed by atoms with Crippen LogP contribution in [0.3, 0.4) is 0 Å². The molecule has 0 saturated carbocycles. The Morgan fingerprint density at radius 3 is 3.00 bits per heavy atom. The highest BCUT2D eigenvalue weighted by Gasteiger charge is 2.03. The summed E-state index contributed by atoms with van der Waals surface area (Å²) in [6, 6.07) is 8.30. The normalized spacial score (nSPS) is 13.1. The van der Waals surface area contributed by atoms with E-state index in [0.29, 0.717) is 5.25 Å². The first-order chi connectivity index (χ1) is 7.79. The smallest absolute Gasteiger partial charge is 0.108 e. The van der Waals surface area contributed by atoms with Gasteiger partial charge in [-0.15, -0.1) is 11.3 Å².